The first-order valence-corrected chi connectivity index (χ1v) is 6.56. The normalized spacial score (nSPS) is 11.0. The molecule has 2 aromatic rings. The van der Waals surface area contributed by atoms with Gasteiger partial charge in [-0.15, -0.1) is 0 Å². The minimum Gasteiger partial charge on any atom is -0.496 e. The van der Waals surface area contributed by atoms with Crippen LogP contribution >= 0.6 is 0 Å². The highest BCUT2D eigenvalue weighted by molar-refractivity contribution is 5.70. The van der Waals surface area contributed by atoms with Crippen molar-refractivity contribution >= 4 is 0 Å². The second-order valence-electron chi connectivity index (χ2n) is 4.90. The summed E-state index contributed by atoms with van der Waals surface area (Å²) in [6.07, 6.45) is 3.87. The number of aromatic nitrogens is 2. The predicted octanol–water partition coefficient (Wildman–Crippen LogP) is 2.64. The van der Waals surface area contributed by atoms with Crippen LogP contribution in [0.25, 0.3) is 11.1 Å². The second-order valence-corrected chi connectivity index (χ2v) is 4.90. The number of rotatable bonds is 5. The Morgan fingerprint density at radius 3 is 2.79 bits per heavy atom. The lowest BCUT2D eigenvalue weighted by atomic mass is 9.98. The first kappa shape index (κ1) is 13.6. The molecule has 1 heterocycles. The van der Waals surface area contributed by atoms with Crippen LogP contribution in [0.1, 0.15) is 25.3 Å². The van der Waals surface area contributed by atoms with Gasteiger partial charge in [-0.3, -0.25) is 4.68 Å². The van der Waals surface area contributed by atoms with E-state index >= 15 is 0 Å². The first-order valence-electron chi connectivity index (χ1n) is 6.56. The molecule has 0 saturated heterocycles. The SMILES string of the molecule is COc1ccc(C(C)C)cc1-c1cnn(CCN)c1. The highest BCUT2D eigenvalue weighted by Crippen LogP contribution is 2.32. The van der Waals surface area contributed by atoms with Crippen LogP contribution in [0, 0.1) is 0 Å². The third-order valence-electron chi connectivity index (χ3n) is 3.19. The predicted molar refractivity (Wildman–Crippen MR) is 77.4 cm³/mol. The Labute approximate surface area is 114 Å². The molecule has 0 aliphatic rings. The van der Waals surface area contributed by atoms with E-state index in [2.05, 4.69) is 31.1 Å². The van der Waals surface area contributed by atoms with E-state index in [-0.39, 0.29) is 0 Å². The molecule has 0 spiro atoms. The van der Waals surface area contributed by atoms with Gasteiger partial charge in [-0.05, 0) is 23.6 Å². The minimum atomic E-state index is 0.490. The molecule has 0 saturated carbocycles. The Kier molecular flexibility index (Phi) is 4.22. The van der Waals surface area contributed by atoms with Gasteiger partial charge < -0.3 is 10.5 Å². The summed E-state index contributed by atoms with van der Waals surface area (Å²) in [5.41, 5.74) is 8.98. The average Bonchev–Trinajstić information content (AvgIpc) is 2.87. The number of nitrogens with zero attached hydrogens (tertiary/aromatic N) is 2. The molecule has 0 radical (unpaired) electrons. The Bertz CT molecular complexity index is 546. The van der Waals surface area contributed by atoms with Gasteiger partial charge in [0.15, 0.2) is 0 Å². The Balaban J connectivity index is 2.42. The van der Waals surface area contributed by atoms with Crippen molar-refractivity contribution in [3.8, 4) is 16.9 Å². The maximum absolute atomic E-state index is 5.54. The summed E-state index contributed by atoms with van der Waals surface area (Å²) in [6, 6.07) is 6.30. The van der Waals surface area contributed by atoms with Crippen molar-refractivity contribution in [2.75, 3.05) is 13.7 Å². The standard InChI is InChI=1S/C15H21N3O/c1-11(2)12-4-5-15(19-3)14(8-12)13-9-17-18(10-13)7-6-16/h4-5,8-11H,6-7,16H2,1-3H3. The molecule has 0 amide bonds. The summed E-state index contributed by atoms with van der Waals surface area (Å²) in [4.78, 5) is 0. The number of benzene rings is 1. The molecule has 4 nitrogen and oxygen atoms in total. The van der Waals surface area contributed by atoms with Gasteiger partial charge in [-0.2, -0.15) is 5.10 Å². The van der Waals surface area contributed by atoms with Crippen LogP contribution < -0.4 is 10.5 Å². The van der Waals surface area contributed by atoms with E-state index in [0.29, 0.717) is 12.5 Å². The van der Waals surface area contributed by atoms with Crippen LogP contribution in [0.2, 0.25) is 0 Å². The van der Waals surface area contributed by atoms with E-state index in [1.54, 1.807) is 7.11 Å². The van der Waals surface area contributed by atoms with Gasteiger partial charge in [0.25, 0.3) is 0 Å². The van der Waals surface area contributed by atoms with Crippen LogP contribution in [0.15, 0.2) is 30.6 Å². The summed E-state index contributed by atoms with van der Waals surface area (Å²) >= 11 is 0. The van der Waals surface area contributed by atoms with E-state index < -0.39 is 0 Å². The van der Waals surface area contributed by atoms with Crippen LogP contribution in [-0.4, -0.2) is 23.4 Å². The summed E-state index contributed by atoms with van der Waals surface area (Å²) in [7, 11) is 1.69. The molecule has 0 aliphatic heterocycles. The molecule has 0 aliphatic carbocycles. The molecular formula is C15H21N3O. The third-order valence-corrected chi connectivity index (χ3v) is 3.19. The van der Waals surface area contributed by atoms with Crippen molar-refractivity contribution in [1.82, 2.24) is 9.78 Å². The molecule has 0 bridgehead atoms. The van der Waals surface area contributed by atoms with Crippen molar-refractivity contribution in [3.05, 3.63) is 36.2 Å². The van der Waals surface area contributed by atoms with Gasteiger partial charge in [0, 0.05) is 23.9 Å². The smallest absolute Gasteiger partial charge is 0.126 e. The fraction of sp³-hybridized carbons (Fsp3) is 0.400. The molecule has 0 unspecified atom stereocenters. The minimum absolute atomic E-state index is 0.490. The summed E-state index contributed by atoms with van der Waals surface area (Å²) in [6.45, 7) is 5.68. The second kappa shape index (κ2) is 5.89. The van der Waals surface area contributed by atoms with E-state index in [1.807, 2.05) is 23.1 Å². The molecule has 102 valence electrons. The zero-order valence-corrected chi connectivity index (χ0v) is 11.8. The molecule has 4 heteroatoms. The fourth-order valence-electron chi connectivity index (χ4n) is 2.07. The molecular weight excluding hydrogens is 238 g/mol. The van der Waals surface area contributed by atoms with E-state index in [1.165, 1.54) is 5.56 Å². The number of ether oxygens (including phenoxy) is 1. The Morgan fingerprint density at radius 1 is 1.37 bits per heavy atom. The van der Waals surface area contributed by atoms with Crippen molar-refractivity contribution in [2.24, 2.45) is 5.73 Å². The lowest BCUT2D eigenvalue weighted by Gasteiger charge is -2.11. The van der Waals surface area contributed by atoms with Crippen molar-refractivity contribution in [2.45, 2.75) is 26.3 Å². The highest BCUT2D eigenvalue weighted by Gasteiger charge is 2.10. The van der Waals surface area contributed by atoms with Crippen LogP contribution in [0.4, 0.5) is 0 Å². The first-order chi connectivity index (χ1) is 9.15. The third kappa shape index (κ3) is 2.96. The molecule has 1 aromatic carbocycles. The van der Waals surface area contributed by atoms with E-state index in [4.69, 9.17) is 10.5 Å². The maximum Gasteiger partial charge on any atom is 0.126 e. The van der Waals surface area contributed by atoms with Crippen LogP contribution in [0.3, 0.4) is 0 Å². The summed E-state index contributed by atoms with van der Waals surface area (Å²) in [5, 5.41) is 4.31. The number of methoxy groups -OCH3 is 1. The van der Waals surface area contributed by atoms with Crippen LogP contribution in [0.5, 0.6) is 5.75 Å². The molecule has 2 N–H and O–H groups in total. The van der Waals surface area contributed by atoms with Crippen LogP contribution in [-0.2, 0) is 6.54 Å². The van der Waals surface area contributed by atoms with Gasteiger partial charge in [-0.25, -0.2) is 0 Å². The lowest BCUT2D eigenvalue weighted by Crippen LogP contribution is -2.09. The summed E-state index contributed by atoms with van der Waals surface area (Å²) in [5.74, 6) is 1.36. The van der Waals surface area contributed by atoms with Crippen molar-refractivity contribution in [3.63, 3.8) is 0 Å². The van der Waals surface area contributed by atoms with Gasteiger partial charge in [0.1, 0.15) is 5.75 Å². The topological polar surface area (TPSA) is 53.1 Å². The Hall–Kier alpha value is -1.81. The number of hydrogen-bond donors (Lipinski definition) is 1. The maximum atomic E-state index is 5.54. The van der Waals surface area contributed by atoms with Gasteiger partial charge in [0.05, 0.1) is 19.9 Å². The zero-order valence-electron chi connectivity index (χ0n) is 11.8. The Morgan fingerprint density at radius 2 is 2.16 bits per heavy atom. The lowest BCUT2D eigenvalue weighted by molar-refractivity contribution is 0.416. The van der Waals surface area contributed by atoms with Gasteiger partial charge in [-0.1, -0.05) is 19.9 Å². The van der Waals surface area contributed by atoms with Crippen molar-refractivity contribution < 1.29 is 4.74 Å². The quantitative estimate of drug-likeness (QED) is 0.898. The monoisotopic (exact) mass is 259 g/mol. The average molecular weight is 259 g/mol. The van der Waals surface area contributed by atoms with Gasteiger partial charge in [0.2, 0.25) is 0 Å². The van der Waals surface area contributed by atoms with Crippen molar-refractivity contribution in [1.29, 1.82) is 0 Å². The number of hydrogen-bond acceptors (Lipinski definition) is 3. The van der Waals surface area contributed by atoms with E-state index in [0.717, 1.165) is 23.4 Å². The largest absolute Gasteiger partial charge is 0.496 e. The molecule has 0 atom stereocenters. The number of nitrogens with two attached hydrogens (primary N) is 1. The fourth-order valence-corrected chi connectivity index (χ4v) is 2.07. The molecule has 0 fully saturated rings. The molecule has 2 rings (SSSR count). The zero-order chi connectivity index (χ0) is 13.8. The highest BCUT2D eigenvalue weighted by atomic mass is 16.5. The van der Waals surface area contributed by atoms with Gasteiger partial charge >= 0.3 is 0 Å². The molecule has 19 heavy (non-hydrogen) atoms. The summed E-state index contributed by atoms with van der Waals surface area (Å²) < 4.78 is 7.30. The van der Waals surface area contributed by atoms with E-state index in [9.17, 15) is 0 Å². The molecule has 1 aromatic heterocycles.